The van der Waals surface area contributed by atoms with Crippen LogP contribution in [0.3, 0.4) is 0 Å². The molecule has 0 atom stereocenters. The fourth-order valence-electron chi connectivity index (χ4n) is 2.95. The van der Waals surface area contributed by atoms with Gasteiger partial charge in [0.05, 0.1) is 29.3 Å². The molecule has 0 bridgehead atoms. The fraction of sp³-hybridized carbons (Fsp3) is 0.304. The van der Waals surface area contributed by atoms with Gasteiger partial charge in [-0.05, 0) is 17.7 Å². The van der Waals surface area contributed by atoms with Gasteiger partial charge in [0.1, 0.15) is 11.6 Å². The number of carbonyl (C=O) groups is 1. The minimum Gasteiger partial charge on any atom is -0.477 e. The molecule has 186 valence electrons. The van der Waals surface area contributed by atoms with E-state index in [0.717, 1.165) is 12.1 Å². The van der Waals surface area contributed by atoms with Gasteiger partial charge in [0.25, 0.3) is 5.56 Å². The highest BCUT2D eigenvalue weighted by Gasteiger charge is 2.27. The molecule has 0 radical (unpaired) electrons. The Morgan fingerprint density at radius 2 is 1.97 bits per heavy atom. The molecular formula is C23H21ClF4N4O3. The molecule has 2 aromatic heterocycles. The monoisotopic (exact) mass is 512 g/mol. The maximum atomic E-state index is 14.7. The second-order valence-corrected chi connectivity index (χ2v) is 8.22. The molecule has 1 aromatic carbocycles. The lowest BCUT2D eigenvalue weighted by atomic mass is 10.1. The van der Waals surface area contributed by atoms with Crippen molar-refractivity contribution in [2.75, 3.05) is 6.61 Å². The molecule has 0 saturated heterocycles. The summed E-state index contributed by atoms with van der Waals surface area (Å²) in [7, 11) is 0. The van der Waals surface area contributed by atoms with Crippen LogP contribution in [0.15, 0.2) is 41.3 Å². The zero-order chi connectivity index (χ0) is 25.8. The van der Waals surface area contributed by atoms with Crippen LogP contribution in [-0.4, -0.2) is 33.6 Å². The van der Waals surface area contributed by atoms with Crippen LogP contribution in [0.5, 0.6) is 5.88 Å². The fourth-order valence-corrected chi connectivity index (χ4v) is 3.26. The number of halogens is 5. The van der Waals surface area contributed by atoms with Crippen LogP contribution < -0.4 is 15.6 Å². The van der Waals surface area contributed by atoms with Crippen LogP contribution in [0.25, 0.3) is 22.6 Å². The molecule has 35 heavy (non-hydrogen) atoms. The first-order chi connectivity index (χ1) is 16.4. The van der Waals surface area contributed by atoms with Gasteiger partial charge in [-0.3, -0.25) is 9.59 Å². The van der Waals surface area contributed by atoms with Crippen LogP contribution in [0.4, 0.5) is 17.6 Å². The van der Waals surface area contributed by atoms with E-state index in [9.17, 15) is 27.2 Å². The minimum atomic E-state index is -4.35. The second kappa shape index (κ2) is 10.9. The molecular weight excluding hydrogens is 492 g/mol. The lowest BCUT2D eigenvalue weighted by molar-refractivity contribution is -0.139. The van der Waals surface area contributed by atoms with Gasteiger partial charge in [-0.2, -0.15) is 13.2 Å². The predicted molar refractivity (Wildman–Crippen MR) is 121 cm³/mol. The Hall–Kier alpha value is -3.47. The summed E-state index contributed by atoms with van der Waals surface area (Å²) >= 11 is 6.40. The summed E-state index contributed by atoms with van der Waals surface area (Å²) in [6, 6.07) is 6.52. The van der Waals surface area contributed by atoms with Crippen molar-refractivity contribution in [3.63, 3.8) is 0 Å². The minimum absolute atomic E-state index is 0.0270. The largest absolute Gasteiger partial charge is 0.477 e. The number of ether oxygens (including phenoxy) is 1. The zero-order valence-corrected chi connectivity index (χ0v) is 19.4. The summed E-state index contributed by atoms with van der Waals surface area (Å²) in [5.74, 6) is -1.37. The third-order valence-electron chi connectivity index (χ3n) is 4.79. The Kier molecular flexibility index (Phi) is 8.11. The van der Waals surface area contributed by atoms with E-state index >= 15 is 0 Å². The Balaban J connectivity index is 1.88. The van der Waals surface area contributed by atoms with Gasteiger partial charge < -0.3 is 15.0 Å². The summed E-state index contributed by atoms with van der Waals surface area (Å²) in [4.78, 5) is 34.8. The number of hydrogen-bond acceptors (Lipinski definition) is 5. The molecule has 0 spiro atoms. The van der Waals surface area contributed by atoms with Gasteiger partial charge in [0.2, 0.25) is 11.8 Å². The molecule has 0 aliphatic carbocycles. The third-order valence-corrected chi connectivity index (χ3v) is 5.23. The Bertz CT molecular complexity index is 1260. The van der Waals surface area contributed by atoms with Crippen molar-refractivity contribution in [3.8, 4) is 28.5 Å². The van der Waals surface area contributed by atoms with Gasteiger partial charge in [0, 0.05) is 36.4 Å². The van der Waals surface area contributed by atoms with Crippen molar-refractivity contribution in [2.45, 2.75) is 33.0 Å². The number of alkyl halides is 3. The molecule has 0 unspecified atom stereocenters. The number of H-pyrrole nitrogens is 1. The molecule has 12 heteroatoms. The number of amides is 1. The smallest absolute Gasteiger partial charge is 0.392 e. The number of rotatable bonds is 8. The highest BCUT2D eigenvalue weighted by molar-refractivity contribution is 6.34. The summed E-state index contributed by atoms with van der Waals surface area (Å²) in [6.45, 7) is 2.91. The van der Waals surface area contributed by atoms with Gasteiger partial charge in [-0.15, -0.1) is 0 Å². The van der Waals surface area contributed by atoms with Crippen LogP contribution in [0.2, 0.25) is 5.02 Å². The molecule has 0 aliphatic heterocycles. The highest BCUT2D eigenvalue weighted by Crippen LogP contribution is 2.32. The van der Waals surface area contributed by atoms with Crippen LogP contribution >= 0.6 is 11.6 Å². The summed E-state index contributed by atoms with van der Waals surface area (Å²) in [6.07, 6.45) is -4.20. The summed E-state index contributed by atoms with van der Waals surface area (Å²) in [5, 5.41) is 2.67. The first kappa shape index (κ1) is 26.1. The average molecular weight is 513 g/mol. The van der Waals surface area contributed by atoms with Gasteiger partial charge in [-0.25, -0.2) is 14.4 Å². The number of aromatic amines is 1. The van der Waals surface area contributed by atoms with E-state index in [1.165, 1.54) is 24.4 Å². The van der Waals surface area contributed by atoms with Crippen LogP contribution in [-0.2, 0) is 11.3 Å². The first-order valence-electron chi connectivity index (χ1n) is 10.5. The van der Waals surface area contributed by atoms with E-state index in [2.05, 4.69) is 20.3 Å². The molecule has 0 fully saturated rings. The Labute approximate surface area is 202 Å². The summed E-state index contributed by atoms with van der Waals surface area (Å²) in [5.41, 5.74) is 0.156. The molecule has 0 aliphatic rings. The highest BCUT2D eigenvalue weighted by atomic mass is 35.5. The predicted octanol–water partition coefficient (Wildman–Crippen LogP) is 4.89. The number of aromatic nitrogens is 3. The number of nitrogens with one attached hydrogen (secondary N) is 2. The second-order valence-electron chi connectivity index (χ2n) is 7.85. The molecule has 3 aromatic rings. The standard InChI is InChI=1S/C23H21ClF4N4O3/c1-12(2)22(34)30-11-14-3-5-15(25)19(20(14)24)21-31-16(9-17(33)32-21)13-4-6-18(29-10-13)35-8-7-23(26,27)28/h3-6,9-10,12H,7-8,11H2,1-2H3,(H,30,34)(H,31,32,33). The van der Waals surface area contributed by atoms with Crippen molar-refractivity contribution >= 4 is 17.5 Å². The van der Waals surface area contributed by atoms with Crippen LogP contribution in [0.1, 0.15) is 25.8 Å². The molecule has 7 nitrogen and oxygen atoms in total. The molecule has 3 rings (SSSR count). The van der Waals surface area contributed by atoms with Crippen molar-refractivity contribution in [1.29, 1.82) is 0 Å². The average Bonchev–Trinajstić information content (AvgIpc) is 2.77. The van der Waals surface area contributed by atoms with Crippen molar-refractivity contribution < 1.29 is 27.1 Å². The zero-order valence-electron chi connectivity index (χ0n) is 18.7. The summed E-state index contributed by atoms with van der Waals surface area (Å²) < 4.78 is 56.5. The quantitative estimate of drug-likeness (QED) is 0.419. The van der Waals surface area contributed by atoms with E-state index in [1.54, 1.807) is 13.8 Å². The molecule has 1 amide bonds. The lowest BCUT2D eigenvalue weighted by Crippen LogP contribution is -2.27. The Morgan fingerprint density at radius 1 is 1.23 bits per heavy atom. The van der Waals surface area contributed by atoms with Crippen molar-refractivity contribution in [2.24, 2.45) is 5.92 Å². The van der Waals surface area contributed by atoms with Gasteiger partial charge in [-0.1, -0.05) is 31.5 Å². The maximum absolute atomic E-state index is 14.7. The third kappa shape index (κ3) is 7.01. The van der Waals surface area contributed by atoms with E-state index in [1.807, 2.05) is 0 Å². The maximum Gasteiger partial charge on any atom is 0.392 e. The molecule has 0 saturated carbocycles. The van der Waals surface area contributed by atoms with E-state index in [4.69, 9.17) is 16.3 Å². The van der Waals surface area contributed by atoms with E-state index in [-0.39, 0.29) is 46.4 Å². The van der Waals surface area contributed by atoms with Gasteiger partial charge >= 0.3 is 6.18 Å². The molecule has 2 heterocycles. The SMILES string of the molecule is CC(C)C(=O)NCc1ccc(F)c(-c2nc(-c3ccc(OCCC(F)(F)F)nc3)cc(=O)[nH]2)c1Cl. The molecule has 2 N–H and O–H groups in total. The van der Waals surface area contributed by atoms with E-state index < -0.39 is 30.6 Å². The van der Waals surface area contributed by atoms with E-state index in [0.29, 0.717) is 11.1 Å². The number of nitrogens with zero attached hydrogens (tertiary/aromatic N) is 2. The first-order valence-corrected chi connectivity index (χ1v) is 10.8. The number of hydrogen-bond donors (Lipinski definition) is 2. The van der Waals surface area contributed by atoms with Crippen molar-refractivity contribution in [3.05, 3.63) is 63.3 Å². The van der Waals surface area contributed by atoms with Gasteiger partial charge in [0.15, 0.2) is 0 Å². The number of benzene rings is 1. The van der Waals surface area contributed by atoms with Crippen molar-refractivity contribution in [1.82, 2.24) is 20.3 Å². The lowest BCUT2D eigenvalue weighted by Gasteiger charge is -2.13. The number of carbonyl (C=O) groups excluding carboxylic acids is 1. The number of pyridine rings is 1. The normalized spacial score (nSPS) is 11.5. The van der Waals surface area contributed by atoms with Crippen LogP contribution in [0, 0.1) is 11.7 Å². The Morgan fingerprint density at radius 3 is 2.60 bits per heavy atom. The topological polar surface area (TPSA) is 97.0 Å².